The van der Waals surface area contributed by atoms with Crippen molar-refractivity contribution in [3.05, 3.63) is 60.8 Å². The van der Waals surface area contributed by atoms with Crippen molar-refractivity contribution in [1.82, 2.24) is 0 Å². The average Bonchev–Trinajstić information content (AvgIpc) is 3.94. The van der Waals surface area contributed by atoms with Gasteiger partial charge >= 0.3 is 25.7 Å². The number of rotatable bonds is 38. The third kappa shape index (κ3) is 32.8. The van der Waals surface area contributed by atoms with Crippen LogP contribution in [0.3, 0.4) is 0 Å². The maximum Gasteiger partial charge on any atom is 0.472 e. The highest BCUT2D eigenvalue weighted by Crippen LogP contribution is 2.43. The Kier molecular flexibility index (Phi) is 32.1. The van der Waals surface area contributed by atoms with Crippen LogP contribution in [0.5, 0.6) is 0 Å². The summed E-state index contributed by atoms with van der Waals surface area (Å²) in [5.74, 6) is -2.49. The van der Waals surface area contributed by atoms with Crippen molar-refractivity contribution >= 4 is 25.7 Å². The van der Waals surface area contributed by atoms with E-state index in [-0.39, 0.29) is 19.4 Å². The number of hydrogen-bond acceptors (Lipinski definition) is 10. The zero-order chi connectivity index (χ0) is 41.8. The molecule has 1 saturated heterocycles. The second kappa shape index (κ2) is 35.1. The molecule has 0 radical (unpaired) electrons. The molecule has 0 bridgehead atoms. The van der Waals surface area contributed by atoms with E-state index in [4.69, 9.17) is 29.6 Å². The van der Waals surface area contributed by atoms with Crippen molar-refractivity contribution in [3.63, 3.8) is 0 Å². The van der Waals surface area contributed by atoms with Gasteiger partial charge in [0.2, 0.25) is 0 Å². The topological polar surface area (TPSA) is 184 Å². The molecule has 0 aromatic carbocycles. The van der Waals surface area contributed by atoms with Crippen LogP contribution < -0.4 is 5.73 Å². The molecule has 12 nitrogen and oxygen atoms in total. The van der Waals surface area contributed by atoms with Gasteiger partial charge in [-0.15, -0.1) is 0 Å². The Balaban J connectivity index is 2.34. The molecule has 0 spiro atoms. The number of epoxide rings is 1. The predicted octanol–water partition coefficient (Wildman–Crippen LogP) is 10.2. The van der Waals surface area contributed by atoms with Crippen LogP contribution in [0.25, 0.3) is 0 Å². The molecule has 0 amide bonds. The molecule has 3 unspecified atom stereocenters. The highest BCUT2D eigenvalue weighted by Gasteiger charge is 2.36. The zero-order valence-corrected chi connectivity index (χ0v) is 35.7. The van der Waals surface area contributed by atoms with Gasteiger partial charge < -0.3 is 29.9 Å². The Morgan fingerprint density at radius 3 is 1.68 bits per heavy atom. The Labute approximate surface area is 343 Å². The highest BCUT2D eigenvalue weighted by atomic mass is 31.2. The second-order valence-corrected chi connectivity index (χ2v) is 15.9. The minimum absolute atomic E-state index is 0.0318. The molecule has 1 aliphatic heterocycles. The minimum Gasteiger partial charge on any atom is -0.480 e. The summed E-state index contributed by atoms with van der Waals surface area (Å²) in [5, 5.41) is 8.88. The Morgan fingerprint density at radius 2 is 1.14 bits per heavy atom. The van der Waals surface area contributed by atoms with Crippen molar-refractivity contribution in [2.75, 3.05) is 19.8 Å². The average molecular weight is 824 g/mol. The number of carboxylic acid groups (broad SMARTS) is 1. The standard InChI is InChI=1S/C44H74NO11P/c1-3-5-7-8-9-10-11-12-16-19-22-25-29-33-42(46)52-35-38(36-53-57(50,51)54-37-39(45)44(48)49)55-43(47)34-30-26-23-20-17-14-13-15-18-21-24-28-32-41-40(56-41)31-27-6-4-2/h6,14-15,17-18,23-24,26-28,38-41H,3-5,7-13,16,19-22,25,29-37,45H2,1-2H3,(H,48,49)(H,50,51)/b17-14-,18-15-,26-23-,27-6-,28-24-/t38-,39+,40?,41?/m1/s1. The number of hydrogen-bond donors (Lipinski definition) is 3. The minimum atomic E-state index is -4.74. The van der Waals surface area contributed by atoms with Gasteiger partial charge in [0.05, 0.1) is 25.4 Å². The zero-order valence-electron chi connectivity index (χ0n) is 34.9. The monoisotopic (exact) mass is 823 g/mol. The third-order valence-electron chi connectivity index (χ3n) is 9.20. The fraction of sp³-hybridized carbons (Fsp3) is 0.705. The number of allylic oxidation sites excluding steroid dienone is 8. The van der Waals surface area contributed by atoms with Gasteiger partial charge in [-0.3, -0.25) is 23.4 Å². The quantitative estimate of drug-likeness (QED) is 0.0176. The van der Waals surface area contributed by atoms with Gasteiger partial charge in [-0.1, -0.05) is 152 Å². The van der Waals surface area contributed by atoms with E-state index in [0.717, 1.165) is 51.4 Å². The van der Waals surface area contributed by atoms with Crippen LogP contribution in [0.1, 0.15) is 155 Å². The van der Waals surface area contributed by atoms with Crippen molar-refractivity contribution in [2.45, 2.75) is 179 Å². The maximum atomic E-state index is 12.6. The first-order chi connectivity index (χ1) is 27.6. The number of aliphatic carboxylic acids is 1. The van der Waals surface area contributed by atoms with Crippen LogP contribution in [-0.2, 0) is 42.2 Å². The number of phosphoric ester groups is 1. The van der Waals surface area contributed by atoms with Crippen molar-refractivity contribution < 1.29 is 52.2 Å². The number of esters is 2. The predicted molar refractivity (Wildman–Crippen MR) is 225 cm³/mol. The molecule has 1 heterocycles. The molecule has 1 rings (SSSR count). The van der Waals surface area contributed by atoms with E-state index < -0.39 is 51.1 Å². The summed E-state index contributed by atoms with van der Waals surface area (Å²) < 4.78 is 38.2. The number of carbonyl (C=O) groups is 3. The molecule has 0 aromatic rings. The van der Waals surface area contributed by atoms with E-state index in [9.17, 15) is 23.8 Å². The van der Waals surface area contributed by atoms with Crippen LogP contribution in [-0.4, -0.2) is 72.1 Å². The van der Waals surface area contributed by atoms with Crippen molar-refractivity contribution in [3.8, 4) is 0 Å². The first kappa shape index (κ1) is 52.2. The van der Waals surface area contributed by atoms with E-state index >= 15 is 0 Å². The lowest BCUT2D eigenvalue weighted by atomic mass is 10.0. The summed E-state index contributed by atoms with van der Waals surface area (Å²) in [5.41, 5.74) is 5.32. The van der Waals surface area contributed by atoms with Crippen LogP contribution in [0.4, 0.5) is 0 Å². The van der Waals surface area contributed by atoms with E-state index in [2.05, 4.69) is 60.9 Å². The lowest BCUT2D eigenvalue weighted by Crippen LogP contribution is -2.34. The molecule has 0 aromatic heterocycles. The molecule has 326 valence electrons. The summed E-state index contributed by atoms with van der Waals surface area (Å²) in [6, 6.07) is -1.54. The normalized spacial score (nSPS) is 17.9. The van der Waals surface area contributed by atoms with Crippen LogP contribution in [0, 0.1) is 0 Å². The molecule has 57 heavy (non-hydrogen) atoms. The number of carbonyl (C=O) groups excluding carboxylic acids is 2. The maximum absolute atomic E-state index is 12.6. The van der Waals surface area contributed by atoms with Gasteiger partial charge in [0.15, 0.2) is 6.10 Å². The van der Waals surface area contributed by atoms with Crippen molar-refractivity contribution in [1.29, 1.82) is 0 Å². The summed E-state index contributed by atoms with van der Waals surface area (Å²) in [6.07, 6.45) is 42.0. The number of unbranched alkanes of at least 4 members (excludes halogenated alkanes) is 12. The largest absolute Gasteiger partial charge is 0.480 e. The fourth-order valence-electron chi connectivity index (χ4n) is 5.72. The van der Waals surface area contributed by atoms with Gasteiger partial charge in [0.25, 0.3) is 0 Å². The van der Waals surface area contributed by atoms with Gasteiger partial charge in [-0.2, -0.15) is 0 Å². The highest BCUT2D eigenvalue weighted by molar-refractivity contribution is 7.47. The summed E-state index contributed by atoms with van der Waals surface area (Å²) in [7, 11) is -4.74. The molecular formula is C44H74NO11P. The summed E-state index contributed by atoms with van der Waals surface area (Å²) in [4.78, 5) is 45.9. The van der Waals surface area contributed by atoms with Gasteiger partial charge in [-0.25, -0.2) is 4.57 Å². The number of carboxylic acids is 1. The Hall–Kier alpha value is -2.86. The van der Waals surface area contributed by atoms with Gasteiger partial charge in [0.1, 0.15) is 12.6 Å². The summed E-state index contributed by atoms with van der Waals surface area (Å²) in [6.45, 7) is 2.59. The summed E-state index contributed by atoms with van der Waals surface area (Å²) >= 11 is 0. The van der Waals surface area contributed by atoms with Gasteiger partial charge in [-0.05, 0) is 51.4 Å². The number of phosphoric acid groups is 1. The van der Waals surface area contributed by atoms with Gasteiger partial charge in [0, 0.05) is 12.8 Å². The first-order valence-corrected chi connectivity index (χ1v) is 22.9. The van der Waals surface area contributed by atoms with Crippen LogP contribution in [0.15, 0.2) is 60.8 Å². The van der Waals surface area contributed by atoms with E-state index in [1.54, 1.807) is 0 Å². The first-order valence-electron chi connectivity index (χ1n) is 21.4. The SMILES string of the molecule is CC/C=C\CC1OC1C/C=C\C/C=C\C/C=C\C/C=C\CCC(=O)O[C@H](COC(=O)CCCCCCCCCCCCCCC)COP(=O)(O)OC[C@H](N)C(=O)O. The third-order valence-corrected chi connectivity index (χ3v) is 10.1. The number of ether oxygens (including phenoxy) is 3. The van der Waals surface area contributed by atoms with E-state index in [1.807, 2.05) is 18.2 Å². The van der Waals surface area contributed by atoms with E-state index in [1.165, 1.54) is 57.8 Å². The lowest BCUT2D eigenvalue weighted by Gasteiger charge is -2.20. The van der Waals surface area contributed by atoms with Crippen LogP contribution in [0.2, 0.25) is 0 Å². The molecule has 1 fully saturated rings. The van der Waals surface area contributed by atoms with Crippen molar-refractivity contribution in [2.24, 2.45) is 5.73 Å². The number of nitrogens with two attached hydrogens (primary N) is 1. The smallest absolute Gasteiger partial charge is 0.472 e. The van der Waals surface area contributed by atoms with E-state index in [0.29, 0.717) is 31.5 Å². The Morgan fingerprint density at radius 1 is 0.649 bits per heavy atom. The molecular weight excluding hydrogens is 749 g/mol. The molecule has 0 saturated carbocycles. The molecule has 5 atom stereocenters. The molecule has 13 heteroatoms. The Bertz CT molecular complexity index is 1260. The molecule has 0 aliphatic carbocycles. The lowest BCUT2D eigenvalue weighted by molar-refractivity contribution is -0.161. The molecule has 1 aliphatic rings. The molecule has 4 N–H and O–H groups in total. The fourth-order valence-corrected chi connectivity index (χ4v) is 6.50. The van der Waals surface area contributed by atoms with Crippen LogP contribution >= 0.6 is 7.82 Å². The second-order valence-electron chi connectivity index (χ2n) is 14.5.